The summed E-state index contributed by atoms with van der Waals surface area (Å²) in [5, 5.41) is 30.8. The molecule has 5 fully saturated rings. The van der Waals surface area contributed by atoms with Gasteiger partial charge in [0.15, 0.2) is 11.6 Å². The number of aliphatic hydroxyl groups excluding tert-OH is 1. The van der Waals surface area contributed by atoms with Crippen molar-refractivity contribution in [2.75, 3.05) is 13.7 Å². The topological polar surface area (TPSA) is 159 Å². The van der Waals surface area contributed by atoms with Gasteiger partial charge in [0.05, 0.1) is 60.4 Å². The fourth-order valence-electron chi connectivity index (χ4n) is 10.5. The van der Waals surface area contributed by atoms with Crippen LogP contribution in [0, 0.1) is 35.5 Å². The van der Waals surface area contributed by atoms with Crippen LogP contribution >= 0.6 is 0 Å². The molecule has 0 radical (unpaired) electrons. The van der Waals surface area contributed by atoms with E-state index in [2.05, 4.69) is 27.7 Å². The van der Waals surface area contributed by atoms with Crippen molar-refractivity contribution >= 4 is 11.9 Å². The Morgan fingerprint density at radius 2 is 1.69 bits per heavy atom. The van der Waals surface area contributed by atoms with Gasteiger partial charge in [0, 0.05) is 44.1 Å². The average molecular weight is 741 g/mol. The highest BCUT2D eigenvalue weighted by Crippen LogP contribution is 2.55. The summed E-state index contributed by atoms with van der Waals surface area (Å²) >= 11 is 0. The van der Waals surface area contributed by atoms with Gasteiger partial charge in [-0.25, -0.2) is 0 Å². The number of aliphatic carboxylic acids is 1. The number of carbonyl (C=O) groups excluding carboxylic acids is 1. The zero-order valence-electron chi connectivity index (χ0n) is 33.3. The maximum absolute atomic E-state index is 12.9. The number of aliphatic hydroxyl groups is 2. The predicted octanol–water partition coefficient (Wildman–Crippen LogP) is 5.62. The Morgan fingerprint density at radius 1 is 0.981 bits per heavy atom. The van der Waals surface area contributed by atoms with E-state index in [0.717, 1.165) is 32.1 Å². The Bertz CT molecular complexity index is 1250. The molecule has 0 aromatic carbocycles. The maximum Gasteiger partial charge on any atom is 0.308 e. The molecule has 0 bridgehead atoms. The van der Waals surface area contributed by atoms with Crippen molar-refractivity contribution in [1.82, 2.24) is 0 Å². The molecule has 52 heavy (non-hydrogen) atoms. The van der Waals surface area contributed by atoms with E-state index in [4.69, 9.17) is 33.2 Å². The Hall–Kier alpha value is -1.38. The number of hydrogen-bond donors (Lipinski definition) is 3. The molecular weight excluding hydrogens is 672 g/mol. The van der Waals surface area contributed by atoms with Gasteiger partial charge >= 0.3 is 11.9 Å². The Morgan fingerprint density at radius 3 is 2.31 bits per heavy atom. The molecule has 12 nitrogen and oxygen atoms in total. The molecular formula is C40H68O12. The summed E-state index contributed by atoms with van der Waals surface area (Å²) in [6, 6.07) is 0. The fourth-order valence-corrected chi connectivity index (χ4v) is 10.5. The van der Waals surface area contributed by atoms with Crippen LogP contribution in [-0.4, -0.2) is 106 Å². The molecule has 1 spiro atoms. The third-order valence-corrected chi connectivity index (χ3v) is 13.8. The fraction of sp³-hybridized carbons (Fsp3) is 0.950. The molecule has 3 N–H and O–H groups in total. The predicted molar refractivity (Wildman–Crippen MR) is 191 cm³/mol. The minimum absolute atomic E-state index is 0.163. The van der Waals surface area contributed by atoms with Gasteiger partial charge in [-0.1, -0.05) is 48.5 Å². The molecule has 0 saturated carbocycles. The summed E-state index contributed by atoms with van der Waals surface area (Å²) in [5.41, 5.74) is -1.22. The van der Waals surface area contributed by atoms with E-state index in [1.54, 1.807) is 6.92 Å². The van der Waals surface area contributed by atoms with Crippen molar-refractivity contribution < 1.29 is 58.1 Å². The quantitative estimate of drug-likeness (QED) is 0.200. The smallest absolute Gasteiger partial charge is 0.308 e. The van der Waals surface area contributed by atoms with Crippen LogP contribution in [0.3, 0.4) is 0 Å². The molecule has 0 aliphatic carbocycles. The number of carboxylic acid groups (broad SMARTS) is 1. The van der Waals surface area contributed by atoms with E-state index in [1.807, 2.05) is 27.7 Å². The van der Waals surface area contributed by atoms with E-state index < -0.39 is 59.6 Å². The minimum Gasteiger partial charge on any atom is -0.481 e. The van der Waals surface area contributed by atoms with Gasteiger partial charge in [0.25, 0.3) is 0 Å². The van der Waals surface area contributed by atoms with Crippen molar-refractivity contribution in [1.29, 1.82) is 0 Å². The Labute approximate surface area is 310 Å². The first-order valence-corrected chi connectivity index (χ1v) is 20.1. The standard InChI is InChI=1S/C40H68O12/c1-11-13-31(42)47-29-20-39(50-34(25(29)6)26(7)33(46-10)27(8)36(43)44)17-16-37(9,52-39)30-14-15-38(12-2,49-30)35-23(4)19-28(48-35)32-22(3)18-24(5)40(45,21-41)51-32/h22-30,32-35,41,45H,11-21H2,1-10H3,(H,43,44)/t22-,23-,24+,25+,26-,27-,28-,29-,30+,32-,33+,34-,35+,37+,38-,39+,40-/m0/s1. The lowest BCUT2D eigenvalue weighted by molar-refractivity contribution is -0.337. The first-order chi connectivity index (χ1) is 24.4. The molecule has 5 heterocycles. The number of carbonyl (C=O) groups is 2. The highest BCUT2D eigenvalue weighted by atomic mass is 16.7. The molecule has 5 rings (SSSR count). The summed E-state index contributed by atoms with van der Waals surface area (Å²) in [6.45, 7) is 17.6. The molecule has 300 valence electrons. The monoisotopic (exact) mass is 740 g/mol. The molecule has 0 aromatic rings. The second-order valence-corrected chi connectivity index (χ2v) is 17.5. The molecule has 5 saturated heterocycles. The number of hydrogen-bond acceptors (Lipinski definition) is 11. The van der Waals surface area contributed by atoms with Crippen LogP contribution in [0.2, 0.25) is 0 Å². The van der Waals surface area contributed by atoms with Gasteiger partial charge in [0.1, 0.15) is 6.10 Å². The molecule has 12 heteroatoms. The van der Waals surface area contributed by atoms with Crippen molar-refractivity contribution in [2.45, 2.75) is 192 Å². The number of esters is 1. The SMILES string of the molecule is CCCC(=O)O[C@H]1C[C@]2(CC[C@](C)([C@H]3CC[C@@](CC)([C@@H]4O[C@H]([C@H]5O[C@@](O)(CO)[C@H](C)C[C@@H]5C)C[C@@H]4C)O3)O2)O[C@H]([C@@H](C)[C@@H](OC)[C@H](C)C(=O)O)[C@@H]1C. The van der Waals surface area contributed by atoms with Gasteiger partial charge in [-0.15, -0.1) is 0 Å². The van der Waals surface area contributed by atoms with Crippen LogP contribution in [0.15, 0.2) is 0 Å². The number of rotatable bonds is 13. The van der Waals surface area contributed by atoms with E-state index >= 15 is 0 Å². The van der Waals surface area contributed by atoms with Crippen LogP contribution in [0.5, 0.6) is 0 Å². The van der Waals surface area contributed by atoms with Gasteiger partial charge in [0.2, 0.25) is 0 Å². The van der Waals surface area contributed by atoms with Gasteiger partial charge in [-0.3, -0.25) is 9.59 Å². The van der Waals surface area contributed by atoms with Crippen LogP contribution in [0.4, 0.5) is 0 Å². The van der Waals surface area contributed by atoms with Crippen LogP contribution in [0.1, 0.15) is 127 Å². The lowest BCUT2D eigenvalue weighted by atomic mass is 9.78. The number of methoxy groups -OCH3 is 1. The second-order valence-electron chi connectivity index (χ2n) is 17.5. The highest BCUT2D eigenvalue weighted by molar-refractivity contribution is 5.70. The van der Waals surface area contributed by atoms with Crippen molar-refractivity contribution in [3.63, 3.8) is 0 Å². The lowest BCUT2D eigenvalue weighted by Gasteiger charge is -2.49. The van der Waals surface area contributed by atoms with Crippen LogP contribution in [-0.2, 0) is 42.7 Å². The van der Waals surface area contributed by atoms with Crippen molar-refractivity contribution in [3.8, 4) is 0 Å². The largest absolute Gasteiger partial charge is 0.481 e. The summed E-state index contributed by atoms with van der Waals surface area (Å²) in [4.78, 5) is 24.9. The lowest BCUT2D eigenvalue weighted by Crippen LogP contribution is -2.57. The van der Waals surface area contributed by atoms with Crippen molar-refractivity contribution in [3.05, 3.63) is 0 Å². The van der Waals surface area contributed by atoms with Crippen LogP contribution in [0.25, 0.3) is 0 Å². The van der Waals surface area contributed by atoms with E-state index in [1.165, 1.54) is 7.11 Å². The van der Waals surface area contributed by atoms with E-state index in [-0.39, 0.29) is 60.0 Å². The third kappa shape index (κ3) is 7.84. The summed E-state index contributed by atoms with van der Waals surface area (Å²) in [7, 11) is 1.53. The molecule has 17 atom stereocenters. The minimum atomic E-state index is -1.58. The van der Waals surface area contributed by atoms with Gasteiger partial charge in [-0.2, -0.15) is 0 Å². The van der Waals surface area contributed by atoms with Gasteiger partial charge < -0.3 is 48.5 Å². The van der Waals surface area contributed by atoms with Crippen molar-refractivity contribution in [2.24, 2.45) is 35.5 Å². The first kappa shape index (κ1) is 41.8. The zero-order valence-corrected chi connectivity index (χ0v) is 33.3. The molecule has 0 amide bonds. The van der Waals surface area contributed by atoms with E-state index in [0.29, 0.717) is 32.1 Å². The molecule has 5 aliphatic rings. The second kappa shape index (κ2) is 16.0. The number of ether oxygens (including phenoxy) is 7. The van der Waals surface area contributed by atoms with Gasteiger partial charge in [-0.05, 0) is 70.6 Å². The summed E-state index contributed by atoms with van der Waals surface area (Å²) in [5.74, 6) is -4.97. The maximum atomic E-state index is 12.9. The Balaban J connectivity index is 1.34. The van der Waals surface area contributed by atoms with Crippen LogP contribution < -0.4 is 0 Å². The summed E-state index contributed by atoms with van der Waals surface area (Å²) in [6.07, 6.45) is 3.93. The third-order valence-electron chi connectivity index (χ3n) is 13.8. The molecule has 0 aromatic heterocycles. The molecule has 5 aliphatic heterocycles. The number of carboxylic acids is 1. The Kier molecular flexibility index (Phi) is 12.9. The van der Waals surface area contributed by atoms with E-state index in [9.17, 15) is 24.9 Å². The first-order valence-electron chi connectivity index (χ1n) is 20.1. The zero-order chi connectivity index (χ0) is 38.4. The highest BCUT2D eigenvalue weighted by Gasteiger charge is 2.62. The normalized spacial score (nSPS) is 47.0. The average Bonchev–Trinajstić information content (AvgIpc) is 3.81. The molecule has 0 unspecified atom stereocenters. The summed E-state index contributed by atoms with van der Waals surface area (Å²) < 4.78 is 46.1.